The Morgan fingerprint density at radius 3 is 2.12 bits per heavy atom. The van der Waals surface area contributed by atoms with Crippen molar-refractivity contribution in [2.24, 2.45) is 0 Å². The average molecular weight is 150 g/mol. The normalized spacial score (nSPS) is 7.75. The second-order valence-corrected chi connectivity index (χ2v) is 2.15. The third kappa shape index (κ3) is 2.20. The molecular formula is C5H5Cl2N. The van der Waals surface area contributed by atoms with Crippen LogP contribution in [0.3, 0.4) is 0 Å². The minimum Gasteiger partial charge on any atom is -0.193 e. The molecule has 1 nitrogen and oxygen atoms in total. The fraction of sp³-hybridized carbons (Fsp3) is 0.400. The van der Waals surface area contributed by atoms with Gasteiger partial charge < -0.3 is 0 Å². The minimum absolute atomic E-state index is 0.0787. The molecule has 0 aliphatic heterocycles. The molecule has 3 heteroatoms. The van der Waals surface area contributed by atoms with Crippen molar-refractivity contribution < 1.29 is 0 Å². The number of hydrogen-bond acceptors (Lipinski definition) is 1. The summed E-state index contributed by atoms with van der Waals surface area (Å²) in [6.07, 6.45) is 0.596. The van der Waals surface area contributed by atoms with Crippen LogP contribution in [0.4, 0.5) is 0 Å². The molecule has 0 aliphatic carbocycles. The maximum atomic E-state index is 8.22. The van der Waals surface area contributed by atoms with E-state index in [9.17, 15) is 0 Å². The molecule has 0 unspecified atom stereocenters. The molecule has 0 N–H and O–H groups in total. The summed E-state index contributed by atoms with van der Waals surface area (Å²) in [6.45, 7) is 1.82. The second-order valence-electron chi connectivity index (χ2n) is 1.20. The van der Waals surface area contributed by atoms with Gasteiger partial charge in [0.2, 0.25) is 0 Å². The molecule has 0 aliphatic rings. The lowest BCUT2D eigenvalue weighted by atomic mass is 10.3. The van der Waals surface area contributed by atoms with Gasteiger partial charge in [-0.3, -0.25) is 0 Å². The number of nitriles is 1. The van der Waals surface area contributed by atoms with Crippen LogP contribution >= 0.6 is 23.2 Å². The standard InChI is InChI=1S/C5H5Cl2N/c1-2-4(3-8)5(6)7/h2H2,1H3. The smallest absolute Gasteiger partial charge is 0.120 e. The molecule has 44 valence electrons. The quantitative estimate of drug-likeness (QED) is 0.527. The van der Waals surface area contributed by atoms with Gasteiger partial charge in [0, 0.05) is 0 Å². The monoisotopic (exact) mass is 149 g/mol. The third-order valence-electron chi connectivity index (χ3n) is 0.717. The highest BCUT2D eigenvalue weighted by molar-refractivity contribution is 6.56. The van der Waals surface area contributed by atoms with E-state index < -0.39 is 0 Å². The molecule has 0 aromatic heterocycles. The summed E-state index contributed by atoms with van der Waals surface area (Å²) in [5.41, 5.74) is 0.438. The third-order valence-corrected chi connectivity index (χ3v) is 1.17. The Bertz CT molecular complexity index is 139. The Hall–Kier alpha value is -0.190. The van der Waals surface area contributed by atoms with Crippen LogP contribution in [-0.2, 0) is 0 Å². The van der Waals surface area contributed by atoms with Gasteiger partial charge in [-0.2, -0.15) is 5.26 Å². The SMILES string of the molecule is CCC(C#N)=C(Cl)Cl. The lowest BCUT2D eigenvalue weighted by Gasteiger charge is -1.86. The molecular weight excluding hydrogens is 145 g/mol. The molecule has 0 aromatic carbocycles. The number of rotatable bonds is 1. The van der Waals surface area contributed by atoms with E-state index in [4.69, 9.17) is 28.5 Å². The van der Waals surface area contributed by atoms with Crippen LogP contribution in [0.25, 0.3) is 0 Å². The molecule has 0 fully saturated rings. The molecule has 0 atom stereocenters. The Balaban J connectivity index is 4.15. The summed E-state index contributed by atoms with van der Waals surface area (Å²) in [6, 6.07) is 1.87. The van der Waals surface area contributed by atoms with Crippen LogP contribution in [0.2, 0.25) is 0 Å². The molecule has 0 saturated carbocycles. The van der Waals surface area contributed by atoms with Gasteiger partial charge in [0.1, 0.15) is 4.49 Å². The fourth-order valence-electron chi connectivity index (χ4n) is 0.255. The highest BCUT2D eigenvalue weighted by Gasteiger charge is 1.94. The lowest BCUT2D eigenvalue weighted by Crippen LogP contribution is -1.72. The summed E-state index contributed by atoms with van der Waals surface area (Å²) in [5, 5.41) is 8.22. The summed E-state index contributed by atoms with van der Waals surface area (Å²) >= 11 is 10.5. The molecule has 0 amide bonds. The highest BCUT2D eigenvalue weighted by Crippen LogP contribution is 2.15. The molecule has 0 bridgehead atoms. The summed E-state index contributed by atoms with van der Waals surface area (Å²) in [5.74, 6) is 0. The van der Waals surface area contributed by atoms with Crippen LogP contribution in [0.15, 0.2) is 10.1 Å². The Morgan fingerprint density at radius 2 is 2.12 bits per heavy atom. The maximum Gasteiger partial charge on any atom is 0.120 e. The van der Waals surface area contributed by atoms with Gasteiger partial charge in [-0.15, -0.1) is 0 Å². The van der Waals surface area contributed by atoms with Crippen molar-refractivity contribution in [1.29, 1.82) is 5.26 Å². The number of allylic oxidation sites excluding steroid dienone is 1. The van der Waals surface area contributed by atoms with Crippen molar-refractivity contribution in [3.63, 3.8) is 0 Å². The van der Waals surface area contributed by atoms with Gasteiger partial charge in [-0.1, -0.05) is 30.1 Å². The van der Waals surface area contributed by atoms with Crippen molar-refractivity contribution in [2.45, 2.75) is 13.3 Å². The van der Waals surface area contributed by atoms with Gasteiger partial charge in [-0.05, 0) is 6.42 Å². The molecule has 0 saturated heterocycles. The van der Waals surface area contributed by atoms with E-state index in [1.54, 1.807) is 0 Å². The topological polar surface area (TPSA) is 23.8 Å². The summed E-state index contributed by atoms with van der Waals surface area (Å²) in [4.78, 5) is 0. The second kappa shape index (κ2) is 3.77. The van der Waals surface area contributed by atoms with E-state index in [-0.39, 0.29) is 4.49 Å². The molecule has 8 heavy (non-hydrogen) atoms. The predicted octanol–water partition coefficient (Wildman–Crippen LogP) is 2.61. The first-order valence-electron chi connectivity index (χ1n) is 2.16. The van der Waals surface area contributed by atoms with Crippen LogP contribution in [0, 0.1) is 11.3 Å². The van der Waals surface area contributed by atoms with E-state index in [0.29, 0.717) is 12.0 Å². The Kier molecular flexibility index (Phi) is 3.68. The van der Waals surface area contributed by atoms with Crippen molar-refractivity contribution in [1.82, 2.24) is 0 Å². The van der Waals surface area contributed by atoms with Crippen molar-refractivity contribution in [2.75, 3.05) is 0 Å². The number of hydrogen-bond donors (Lipinski definition) is 0. The summed E-state index contributed by atoms with van der Waals surface area (Å²) in [7, 11) is 0. The first kappa shape index (κ1) is 7.81. The highest BCUT2D eigenvalue weighted by atomic mass is 35.5. The minimum atomic E-state index is 0.0787. The first-order valence-corrected chi connectivity index (χ1v) is 2.92. The lowest BCUT2D eigenvalue weighted by molar-refractivity contribution is 1.15. The van der Waals surface area contributed by atoms with Gasteiger partial charge in [-0.25, -0.2) is 0 Å². The van der Waals surface area contributed by atoms with Gasteiger partial charge in [0.05, 0.1) is 11.6 Å². The largest absolute Gasteiger partial charge is 0.193 e. The van der Waals surface area contributed by atoms with Gasteiger partial charge in [0.15, 0.2) is 0 Å². The van der Waals surface area contributed by atoms with Crippen LogP contribution < -0.4 is 0 Å². The number of nitrogens with zero attached hydrogens (tertiary/aromatic N) is 1. The molecule has 0 heterocycles. The van der Waals surface area contributed by atoms with E-state index in [1.807, 2.05) is 13.0 Å². The van der Waals surface area contributed by atoms with E-state index in [2.05, 4.69) is 0 Å². The zero-order valence-corrected chi connectivity index (χ0v) is 5.92. The van der Waals surface area contributed by atoms with Crippen LogP contribution in [0.5, 0.6) is 0 Å². The van der Waals surface area contributed by atoms with Crippen molar-refractivity contribution in [3.05, 3.63) is 10.1 Å². The summed E-state index contributed by atoms with van der Waals surface area (Å²) < 4.78 is 0.0787. The van der Waals surface area contributed by atoms with Crippen molar-refractivity contribution >= 4 is 23.2 Å². The predicted molar refractivity (Wildman–Crippen MR) is 34.6 cm³/mol. The van der Waals surface area contributed by atoms with Gasteiger partial charge in [0.25, 0.3) is 0 Å². The van der Waals surface area contributed by atoms with E-state index in [0.717, 1.165) is 0 Å². The first-order chi connectivity index (χ1) is 3.72. The van der Waals surface area contributed by atoms with Gasteiger partial charge >= 0.3 is 0 Å². The zero-order chi connectivity index (χ0) is 6.57. The Morgan fingerprint density at radius 1 is 1.62 bits per heavy atom. The molecule has 0 aromatic rings. The number of halogens is 2. The fourth-order valence-corrected chi connectivity index (χ4v) is 0.607. The van der Waals surface area contributed by atoms with E-state index >= 15 is 0 Å². The average Bonchev–Trinajstić information content (AvgIpc) is 1.69. The Labute approximate surface area is 58.5 Å². The molecule has 0 spiro atoms. The van der Waals surface area contributed by atoms with Crippen LogP contribution in [-0.4, -0.2) is 0 Å². The maximum absolute atomic E-state index is 8.22. The zero-order valence-electron chi connectivity index (χ0n) is 4.41. The van der Waals surface area contributed by atoms with Crippen LogP contribution in [0.1, 0.15) is 13.3 Å². The van der Waals surface area contributed by atoms with Crippen molar-refractivity contribution in [3.8, 4) is 6.07 Å². The molecule has 0 radical (unpaired) electrons. The van der Waals surface area contributed by atoms with E-state index in [1.165, 1.54) is 0 Å². The molecule has 0 rings (SSSR count).